The number of ether oxygens (including phenoxy) is 2. The molecule has 2 aliphatic carbocycles. The summed E-state index contributed by atoms with van der Waals surface area (Å²) in [4.78, 5) is 22.2. The molecule has 0 aromatic rings. The van der Waals surface area contributed by atoms with Gasteiger partial charge in [0.25, 0.3) is 0 Å². The number of hydrogen-bond acceptors (Lipinski definition) is 6. The van der Waals surface area contributed by atoms with Crippen LogP contribution in [0.1, 0.15) is 26.7 Å². The second-order valence-corrected chi connectivity index (χ2v) is 7.32. The van der Waals surface area contributed by atoms with E-state index < -0.39 is 0 Å². The number of carbonyl (C=O) groups excluding carboxylic acids is 2. The van der Waals surface area contributed by atoms with Crippen LogP contribution in [0.5, 0.6) is 0 Å². The molecule has 6 nitrogen and oxygen atoms in total. The van der Waals surface area contributed by atoms with Crippen molar-refractivity contribution in [2.45, 2.75) is 26.7 Å². The summed E-state index contributed by atoms with van der Waals surface area (Å²) in [6, 6.07) is 0. The molecule has 2 N–H and O–H groups in total. The summed E-state index contributed by atoms with van der Waals surface area (Å²) in [7, 11) is 0. The predicted octanol–water partition coefficient (Wildman–Crippen LogP) is 0.810. The van der Waals surface area contributed by atoms with Gasteiger partial charge in [0.05, 0.1) is 13.2 Å². The van der Waals surface area contributed by atoms with Crippen LogP contribution in [0.3, 0.4) is 0 Å². The zero-order chi connectivity index (χ0) is 17.1. The monoisotopic (exact) mass is 338 g/mol. The standard InChI is InChI=1S/2C9H15NO2/c2*1-2-12-9(11)3-6-7-4-10-5-8(6)7/h2*6-8,10H,2-5H2,1H3/t2*6?,7-,8+. The van der Waals surface area contributed by atoms with Crippen LogP contribution in [-0.4, -0.2) is 51.3 Å². The number of piperidine rings is 2. The maximum Gasteiger partial charge on any atom is 0.306 e. The molecule has 2 unspecified atom stereocenters. The van der Waals surface area contributed by atoms with Crippen molar-refractivity contribution >= 4 is 11.9 Å². The van der Waals surface area contributed by atoms with Crippen LogP contribution in [0.25, 0.3) is 0 Å². The van der Waals surface area contributed by atoms with Crippen molar-refractivity contribution < 1.29 is 19.1 Å². The first-order valence-corrected chi connectivity index (χ1v) is 9.38. The van der Waals surface area contributed by atoms with Gasteiger partial charge in [0.2, 0.25) is 0 Å². The second kappa shape index (κ2) is 7.83. The minimum absolute atomic E-state index is 0.0168. The zero-order valence-corrected chi connectivity index (χ0v) is 14.8. The number of nitrogens with one attached hydrogen (secondary N) is 2. The van der Waals surface area contributed by atoms with Gasteiger partial charge >= 0.3 is 11.9 Å². The molecule has 0 aromatic carbocycles. The Kier molecular flexibility index (Phi) is 5.76. The average molecular weight is 338 g/mol. The molecular weight excluding hydrogens is 308 g/mol. The normalized spacial score (nSPS) is 37.6. The molecule has 2 heterocycles. The summed E-state index contributed by atoms with van der Waals surface area (Å²) < 4.78 is 9.80. The maximum atomic E-state index is 11.1. The molecule has 4 fully saturated rings. The van der Waals surface area contributed by atoms with Gasteiger partial charge in [0.1, 0.15) is 0 Å². The molecule has 2 aliphatic heterocycles. The van der Waals surface area contributed by atoms with Gasteiger partial charge in [-0.3, -0.25) is 9.59 Å². The molecule has 136 valence electrons. The van der Waals surface area contributed by atoms with Crippen molar-refractivity contribution in [1.82, 2.24) is 10.6 Å². The summed E-state index contributed by atoms with van der Waals surface area (Å²) in [5.41, 5.74) is 0. The third-order valence-corrected chi connectivity index (χ3v) is 5.95. The lowest BCUT2D eigenvalue weighted by molar-refractivity contribution is -0.144. The molecule has 6 heteroatoms. The molecule has 4 aliphatic rings. The first kappa shape index (κ1) is 17.7. The number of rotatable bonds is 6. The summed E-state index contributed by atoms with van der Waals surface area (Å²) in [6.45, 7) is 9.16. The Bertz CT molecular complexity index is 408. The van der Waals surface area contributed by atoms with Crippen molar-refractivity contribution in [3.8, 4) is 0 Å². The van der Waals surface area contributed by atoms with Crippen molar-refractivity contribution in [2.75, 3.05) is 39.4 Å². The molecule has 0 aromatic heterocycles. The van der Waals surface area contributed by atoms with Gasteiger partial charge in [-0.15, -0.1) is 0 Å². The molecule has 2 saturated heterocycles. The fourth-order valence-corrected chi connectivity index (χ4v) is 4.52. The third kappa shape index (κ3) is 4.09. The maximum absolute atomic E-state index is 11.1. The van der Waals surface area contributed by atoms with E-state index in [0.29, 0.717) is 37.9 Å². The van der Waals surface area contributed by atoms with Crippen LogP contribution in [0.4, 0.5) is 0 Å². The summed E-state index contributed by atoms with van der Waals surface area (Å²) in [5, 5.41) is 6.61. The Morgan fingerprint density at radius 1 is 0.750 bits per heavy atom. The Morgan fingerprint density at radius 3 is 1.38 bits per heavy atom. The van der Waals surface area contributed by atoms with E-state index in [-0.39, 0.29) is 11.9 Å². The third-order valence-electron chi connectivity index (χ3n) is 5.95. The van der Waals surface area contributed by atoms with Gasteiger partial charge in [-0.1, -0.05) is 0 Å². The van der Waals surface area contributed by atoms with Gasteiger partial charge in [0.15, 0.2) is 0 Å². The van der Waals surface area contributed by atoms with Crippen molar-refractivity contribution in [1.29, 1.82) is 0 Å². The van der Waals surface area contributed by atoms with E-state index in [4.69, 9.17) is 9.47 Å². The fourth-order valence-electron chi connectivity index (χ4n) is 4.52. The fraction of sp³-hybridized carbons (Fsp3) is 0.889. The summed E-state index contributed by atoms with van der Waals surface area (Å²) in [6.07, 6.45) is 1.29. The van der Waals surface area contributed by atoms with E-state index in [9.17, 15) is 9.59 Å². The first-order chi connectivity index (χ1) is 11.7. The first-order valence-electron chi connectivity index (χ1n) is 9.38. The topological polar surface area (TPSA) is 76.7 Å². The highest BCUT2D eigenvalue weighted by atomic mass is 16.5. The summed E-state index contributed by atoms with van der Waals surface area (Å²) in [5.74, 6) is 4.32. The van der Waals surface area contributed by atoms with Gasteiger partial charge in [-0.05, 0) is 75.5 Å². The van der Waals surface area contributed by atoms with Crippen LogP contribution in [0.15, 0.2) is 0 Å². The lowest BCUT2D eigenvalue weighted by atomic mass is 10.2. The summed E-state index contributed by atoms with van der Waals surface area (Å²) >= 11 is 0. The molecule has 24 heavy (non-hydrogen) atoms. The molecule has 0 spiro atoms. The number of esters is 2. The molecule has 0 radical (unpaired) electrons. The highest BCUT2D eigenvalue weighted by Crippen LogP contribution is 2.51. The Morgan fingerprint density at radius 2 is 1.08 bits per heavy atom. The van der Waals surface area contributed by atoms with E-state index >= 15 is 0 Å². The molecule has 6 atom stereocenters. The van der Waals surface area contributed by atoms with Crippen molar-refractivity contribution in [2.24, 2.45) is 35.5 Å². The molecule has 0 amide bonds. The second-order valence-electron chi connectivity index (χ2n) is 7.32. The van der Waals surface area contributed by atoms with Gasteiger partial charge in [0, 0.05) is 12.8 Å². The van der Waals surface area contributed by atoms with E-state index in [1.165, 1.54) is 0 Å². The van der Waals surface area contributed by atoms with Crippen LogP contribution in [-0.2, 0) is 19.1 Å². The largest absolute Gasteiger partial charge is 0.466 e. The highest BCUT2D eigenvalue weighted by Gasteiger charge is 2.54. The Labute approximate surface area is 144 Å². The van der Waals surface area contributed by atoms with Gasteiger partial charge in [-0.25, -0.2) is 0 Å². The highest BCUT2D eigenvalue weighted by molar-refractivity contribution is 5.70. The molecular formula is C18H30N2O4. The average Bonchev–Trinajstić information content (AvgIpc) is 3.18. The van der Waals surface area contributed by atoms with Crippen LogP contribution in [0, 0.1) is 35.5 Å². The van der Waals surface area contributed by atoms with Gasteiger partial charge in [-0.2, -0.15) is 0 Å². The minimum atomic E-state index is -0.0168. The number of fused-ring (bicyclic) bond motifs is 2. The van der Waals surface area contributed by atoms with E-state index in [1.54, 1.807) is 0 Å². The predicted molar refractivity (Wildman–Crippen MR) is 89.2 cm³/mol. The van der Waals surface area contributed by atoms with Crippen LogP contribution in [0.2, 0.25) is 0 Å². The lowest BCUT2D eigenvalue weighted by Gasteiger charge is -2.03. The number of hydrogen-bond donors (Lipinski definition) is 2. The van der Waals surface area contributed by atoms with E-state index in [1.807, 2.05) is 13.8 Å². The van der Waals surface area contributed by atoms with E-state index in [2.05, 4.69) is 10.6 Å². The molecule has 0 bridgehead atoms. The number of carbonyl (C=O) groups is 2. The Balaban J connectivity index is 0.000000141. The zero-order valence-electron chi connectivity index (χ0n) is 14.8. The lowest BCUT2D eigenvalue weighted by Crippen LogP contribution is -2.16. The van der Waals surface area contributed by atoms with Gasteiger partial charge < -0.3 is 20.1 Å². The minimum Gasteiger partial charge on any atom is -0.466 e. The van der Waals surface area contributed by atoms with Crippen molar-refractivity contribution in [3.05, 3.63) is 0 Å². The SMILES string of the molecule is CCOC(=O)CC1[C@H]2CNC[C@@H]12.CCOC(=O)CC1[C@H]2CNC[C@@H]12. The Hall–Kier alpha value is -1.14. The van der Waals surface area contributed by atoms with E-state index in [0.717, 1.165) is 49.9 Å². The van der Waals surface area contributed by atoms with Crippen LogP contribution < -0.4 is 10.6 Å². The molecule has 4 rings (SSSR count). The quantitative estimate of drug-likeness (QED) is 0.698. The smallest absolute Gasteiger partial charge is 0.306 e. The van der Waals surface area contributed by atoms with Crippen LogP contribution >= 0.6 is 0 Å². The molecule has 2 saturated carbocycles. The van der Waals surface area contributed by atoms with Crippen molar-refractivity contribution in [3.63, 3.8) is 0 Å².